The van der Waals surface area contributed by atoms with Crippen molar-refractivity contribution in [3.05, 3.63) is 31.3 Å². The van der Waals surface area contributed by atoms with Gasteiger partial charge in [-0.2, -0.15) is 0 Å². The van der Waals surface area contributed by atoms with E-state index in [2.05, 4.69) is 38.5 Å². The molecule has 1 aromatic rings. The summed E-state index contributed by atoms with van der Waals surface area (Å²) in [6, 6.07) is 3.72. The van der Waals surface area contributed by atoms with Gasteiger partial charge in [0.2, 0.25) is 0 Å². The summed E-state index contributed by atoms with van der Waals surface area (Å²) in [6.07, 6.45) is 0. The van der Waals surface area contributed by atoms with Crippen molar-refractivity contribution in [2.24, 2.45) is 0 Å². The zero-order valence-corrected chi connectivity index (χ0v) is 10.7. The molecule has 1 nitrogen and oxygen atoms in total. The molecule has 0 saturated heterocycles. The summed E-state index contributed by atoms with van der Waals surface area (Å²) in [4.78, 5) is 10.9. The van der Waals surface area contributed by atoms with Gasteiger partial charge in [0, 0.05) is 13.6 Å². The standard InChI is InChI=1S/C8H5BrClIO/c1-4-6(8(10)12)2-5(11)3-7(4)9/h2-3H,1H3. The van der Waals surface area contributed by atoms with E-state index in [4.69, 9.17) is 11.6 Å². The summed E-state index contributed by atoms with van der Waals surface area (Å²) in [6.45, 7) is 1.86. The maximum Gasteiger partial charge on any atom is 0.252 e. The number of rotatable bonds is 1. The molecule has 0 aliphatic rings. The van der Waals surface area contributed by atoms with E-state index in [-0.39, 0.29) is 0 Å². The number of carbonyl (C=O) groups excluding carboxylic acids is 1. The van der Waals surface area contributed by atoms with Gasteiger partial charge in [0.1, 0.15) is 0 Å². The van der Waals surface area contributed by atoms with E-state index >= 15 is 0 Å². The Kier molecular flexibility index (Phi) is 3.55. The molecule has 0 aromatic heterocycles. The van der Waals surface area contributed by atoms with E-state index in [1.165, 1.54) is 0 Å². The number of halogens is 3. The second-order valence-electron chi connectivity index (χ2n) is 2.33. The van der Waals surface area contributed by atoms with Gasteiger partial charge in [0.15, 0.2) is 0 Å². The van der Waals surface area contributed by atoms with Crippen LogP contribution in [0.3, 0.4) is 0 Å². The fourth-order valence-corrected chi connectivity index (χ4v) is 2.56. The van der Waals surface area contributed by atoms with Gasteiger partial charge in [0.05, 0.1) is 0 Å². The second kappa shape index (κ2) is 4.07. The number of hydrogen-bond acceptors (Lipinski definition) is 1. The molecule has 64 valence electrons. The highest BCUT2D eigenvalue weighted by Crippen LogP contribution is 2.24. The lowest BCUT2D eigenvalue weighted by Gasteiger charge is -2.03. The molecule has 1 rings (SSSR count). The van der Waals surface area contributed by atoms with Crippen molar-refractivity contribution in [2.75, 3.05) is 0 Å². The molecule has 0 saturated carbocycles. The smallest absolute Gasteiger partial charge is 0.252 e. The third-order valence-corrected chi connectivity index (χ3v) is 3.17. The van der Waals surface area contributed by atoms with E-state index in [1.807, 2.05) is 13.0 Å². The van der Waals surface area contributed by atoms with Gasteiger partial charge >= 0.3 is 0 Å². The number of benzene rings is 1. The lowest BCUT2D eigenvalue weighted by molar-refractivity contribution is 0.108. The molecule has 12 heavy (non-hydrogen) atoms. The van der Waals surface area contributed by atoms with Crippen LogP contribution in [0.15, 0.2) is 16.6 Å². The zero-order valence-electron chi connectivity index (χ0n) is 6.20. The largest absolute Gasteiger partial charge is 0.276 e. The summed E-state index contributed by atoms with van der Waals surface area (Å²) in [7, 11) is 0. The van der Waals surface area contributed by atoms with Crippen LogP contribution in [-0.2, 0) is 0 Å². The summed E-state index contributed by atoms with van der Waals surface area (Å²) in [5.74, 6) is 0. The fourth-order valence-electron chi connectivity index (χ4n) is 0.850. The molecule has 1 aromatic carbocycles. The summed E-state index contributed by atoms with van der Waals surface area (Å²) in [5, 5.41) is -0.410. The van der Waals surface area contributed by atoms with Crippen LogP contribution in [0.25, 0.3) is 0 Å². The molecule has 0 unspecified atom stereocenters. The summed E-state index contributed by atoms with van der Waals surface area (Å²) < 4.78 is 1.91. The average Bonchev–Trinajstić information content (AvgIpc) is 1.96. The van der Waals surface area contributed by atoms with Gasteiger partial charge in [-0.15, -0.1) is 0 Å². The van der Waals surface area contributed by atoms with Gasteiger partial charge in [-0.05, 0) is 58.8 Å². The zero-order chi connectivity index (χ0) is 9.30. The predicted molar refractivity (Wildman–Crippen MR) is 61.8 cm³/mol. The predicted octanol–water partition coefficient (Wildman–Crippen LogP) is 3.74. The molecule has 0 aliphatic carbocycles. The maximum absolute atomic E-state index is 10.9. The molecule has 0 fully saturated rings. The van der Waals surface area contributed by atoms with E-state index < -0.39 is 5.24 Å². The molecule has 0 heterocycles. The van der Waals surface area contributed by atoms with Crippen LogP contribution >= 0.6 is 50.1 Å². The highest BCUT2D eigenvalue weighted by Gasteiger charge is 2.09. The monoisotopic (exact) mass is 358 g/mol. The van der Waals surface area contributed by atoms with Crippen molar-refractivity contribution in [2.45, 2.75) is 6.92 Å². The molecule has 0 radical (unpaired) electrons. The Labute approximate surface area is 97.8 Å². The summed E-state index contributed by atoms with van der Waals surface area (Å²) in [5.41, 5.74) is 1.45. The van der Waals surface area contributed by atoms with Gasteiger partial charge in [-0.3, -0.25) is 4.79 Å². The van der Waals surface area contributed by atoms with E-state index in [1.54, 1.807) is 6.07 Å². The Bertz CT molecular complexity index is 338. The molecular weight excluding hydrogens is 354 g/mol. The number of carbonyl (C=O) groups is 1. The van der Waals surface area contributed by atoms with Gasteiger partial charge < -0.3 is 0 Å². The Morgan fingerprint density at radius 1 is 1.58 bits per heavy atom. The van der Waals surface area contributed by atoms with Gasteiger partial charge in [0.25, 0.3) is 5.24 Å². The number of hydrogen-bond donors (Lipinski definition) is 0. The average molecular weight is 359 g/mol. The Morgan fingerprint density at radius 2 is 2.17 bits per heavy atom. The topological polar surface area (TPSA) is 17.1 Å². The lowest BCUT2D eigenvalue weighted by Crippen LogP contribution is -1.95. The molecule has 0 atom stereocenters. The highest BCUT2D eigenvalue weighted by atomic mass is 127. The lowest BCUT2D eigenvalue weighted by atomic mass is 10.1. The Morgan fingerprint density at radius 3 is 2.67 bits per heavy atom. The maximum atomic E-state index is 10.9. The first-order valence-electron chi connectivity index (χ1n) is 3.18. The van der Waals surface area contributed by atoms with Crippen molar-refractivity contribution < 1.29 is 4.79 Å². The minimum absolute atomic E-state index is 0.410. The minimum Gasteiger partial charge on any atom is -0.276 e. The van der Waals surface area contributed by atoms with Crippen LogP contribution in [0.2, 0.25) is 0 Å². The van der Waals surface area contributed by atoms with Crippen molar-refractivity contribution in [1.29, 1.82) is 0 Å². The molecule has 0 bridgehead atoms. The van der Waals surface area contributed by atoms with E-state index in [9.17, 15) is 4.79 Å². The van der Waals surface area contributed by atoms with Crippen LogP contribution in [0.5, 0.6) is 0 Å². The molecular formula is C8H5BrClIO. The van der Waals surface area contributed by atoms with Crippen molar-refractivity contribution in [3.63, 3.8) is 0 Å². The van der Waals surface area contributed by atoms with Gasteiger partial charge in [-0.25, -0.2) is 0 Å². The first-order chi connectivity index (χ1) is 5.52. The van der Waals surface area contributed by atoms with Gasteiger partial charge in [-0.1, -0.05) is 15.9 Å². The molecule has 0 amide bonds. The molecule has 0 aliphatic heterocycles. The van der Waals surface area contributed by atoms with Crippen LogP contribution < -0.4 is 0 Å². The normalized spacial score (nSPS) is 10.0. The van der Waals surface area contributed by atoms with Crippen molar-refractivity contribution >= 4 is 55.4 Å². The molecule has 0 spiro atoms. The van der Waals surface area contributed by atoms with E-state index in [0.717, 1.165) is 13.6 Å². The Balaban J connectivity index is 3.37. The fraction of sp³-hybridized carbons (Fsp3) is 0.125. The third kappa shape index (κ3) is 2.20. The first-order valence-corrected chi connectivity index (χ1v) is 5.43. The van der Waals surface area contributed by atoms with Crippen molar-refractivity contribution in [3.8, 4) is 0 Å². The van der Waals surface area contributed by atoms with E-state index in [0.29, 0.717) is 5.56 Å². The molecule has 4 heteroatoms. The Hall–Kier alpha value is 0.390. The second-order valence-corrected chi connectivity index (χ2v) is 4.78. The quantitative estimate of drug-likeness (QED) is 0.551. The molecule has 0 N–H and O–H groups in total. The van der Waals surface area contributed by atoms with Crippen LogP contribution in [0, 0.1) is 10.5 Å². The van der Waals surface area contributed by atoms with Crippen molar-refractivity contribution in [1.82, 2.24) is 0 Å². The highest BCUT2D eigenvalue weighted by molar-refractivity contribution is 14.1. The van der Waals surface area contributed by atoms with Crippen LogP contribution in [-0.4, -0.2) is 5.24 Å². The first kappa shape index (κ1) is 10.5. The SMILES string of the molecule is Cc1c(Br)cc(I)cc1C(=O)Cl. The minimum atomic E-state index is -0.410. The van der Waals surface area contributed by atoms with Crippen LogP contribution in [0.1, 0.15) is 15.9 Å². The van der Waals surface area contributed by atoms with Crippen LogP contribution in [0.4, 0.5) is 0 Å². The summed E-state index contributed by atoms with van der Waals surface area (Å²) >= 11 is 10.9. The third-order valence-electron chi connectivity index (χ3n) is 1.52.